The average molecular weight is 315 g/mol. The lowest BCUT2D eigenvalue weighted by Crippen LogP contribution is -1.84. The van der Waals surface area contributed by atoms with Gasteiger partial charge in [0.1, 0.15) is 11.5 Å². The summed E-state index contributed by atoms with van der Waals surface area (Å²) in [4.78, 5) is 4.53. The molecule has 0 radical (unpaired) electrons. The van der Waals surface area contributed by atoms with Crippen LogP contribution in [0, 0.1) is 0 Å². The van der Waals surface area contributed by atoms with Crippen LogP contribution in [0.25, 0.3) is 24.3 Å². The van der Waals surface area contributed by atoms with E-state index in [-0.39, 0.29) is 11.5 Å². The molecule has 0 saturated heterocycles. The SMILES string of the molecule is Oc1ccccc1/C=C\c1cccc(/C=C\c2ccccc2O)n1. The Kier molecular flexibility index (Phi) is 4.73. The van der Waals surface area contributed by atoms with Crippen molar-refractivity contribution in [2.24, 2.45) is 0 Å². The first-order valence-corrected chi connectivity index (χ1v) is 7.61. The number of benzene rings is 2. The Morgan fingerprint density at radius 3 is 1.46 bits per heavy atom. The largest absolute Gasteiger partial charge is 0.507 e. The molecule has 0 bridgehead atoms. The summed E-state index contributed by atoms with van der Waals surface area (Å²) < 4.78 is 0. The number of phenols is 2. The van der Waals surface area contributed by atoms with Crippen molar-refractivity contribution in [3.63, 3.8) is 0 Å². The van der Waals surface area contributed by atoms with Crippen molar-refractivity contribution >= 4 is 24.3 Å². The van der Waals surface area contributed by atoms with Crippen molar-refractivity contribution in [1.82, 2.24) is 4.98 Å². The van der Waals surface area contributed by atoms with E-state index in [0.29, 0.717) is 0 Å². The van der Waals surface area contributed by atoms with Crippen LogP contribution in [0.3, 0.4) is 0 Å². The van der Waals surface area contributed by atoms with Crippen molar-refractivity contribution in [3.8, 4) is 11.5 Å². The zero-order valence-electron chi connectivity index (χ0n) is 13.0. The molecule has 0 aliphatic heterocycles. The molecule has 0 aliphatic rings. The van der Waals surface area contributed by atoms with Gasteiger partial charge < -0.3 is 10.2 Å². The van der Waals surface area contributed by atoms with Gasteiger partial charge in [-0.1, -0.05) is 42.5 Å². The van der Waals surface area contributed by atoms with Crippen LogP contribution in [0.1, 0.15) is 22.5 Å². The molecule has 3 heteroatoms. The number of hydrogen-bond acceptors (Lipinski definition) is 3. The van der Waals surface area contributed by atoms with Gasteiger partial charge in [-0.25, -0.2) is 4.98 Å². The minimum atomic E-state index is 0.240. The third-order valence-corrected chi connectivity index (χ3v) is 3.53. The molecule has 1 aromatic heterocycles. The van der Waals surface area contributed by atoms with E-state index in [9.17, 15) is 10.2 Å². The summed E-state index contributed by atoms with van der Waals surface area (Å²) in [5.41, 5.74) is 3.07. The molecule has 0 unspecified atom stereocenters. The lowest BCUT2D eigenvalue weighted by molar-refractivity contribution is 0.473. The number of hydrogen-bond donors (Lipinski definition) is 2. The monoisotopic (exact) mass is 315 g/mol. The van der Waals surface area contributed by atoms with Crippen molar-refractivity contribution in [2.75, 3.05) is 0 Å². The van der Waals surface area contributed by atoms with Gasteiger partial charge in [0, 0.05) is 11.1 Å². The second-order valence-corrected chi connectivity index (χ2v) is 5.27. The summed E-state index contributed by atoms with van der Waals surface area (Å²) in [6.45, 7) is 0. The topological polar surface area (TPSA) is 53.4 Å². The van der Waals surface area contributed by atoms with E-state index < -0.39 is 0 Å². The van der Waals surface area contributed by atoms with E-state index in [1.807, 2.05) is 66.8 Å². The second kappa shape index (κ2) is 7.29. The van der Waals surface area contributed by atoms with Gasteiger partial charge in [0.25, 0.3) is 0 Å². The van der Waals surface area contributed by atoms with Gasteiger partial charge in [-0.3, -0.25) is 0 Å². The highest BCUT2D eigenvalue weighted by molar-refractivity contribution is 5.73. The highest BCUT2D eigenvalue weighted by Crippen LogP contribution is 2.20. The average Bonchev–Trinajstić information content (AvgIpc) is 2.61. The van der Waals surface area contributed by atoms with Crippen LogP contribution in [-0.2, 0) is 0 Å². The Morgan fingerprint density at radius 2 is 1.00 bits per heavy atom. The highest BCUT2D eigenvalue weighted by atomic mass is 16.3. The van der Waals surface area contributed by atoms with Gasteiger partial charge in [0.05, 0.1) is 11.4 Å². The van der Waals surface area contributed by atoms with Crippen LogP contribution >= 0.6 is 0 Å². The van der Waals surface area contributed by atoms with Crippen LogP contribution in [0.5, 0.6) is 11.5 Å². The van der Waals surface area contributed by atoms with E-state index in [4.69, 9.17) is 0 Å². The van der Waals surface area contributed by atoms with Crippen molar-refractivity contribution in [2.45, 2.75) is 0 Å². The number of aromatic hydroxyl groups is 2. The lowest BCUT2D eigenvalue weighted by atomic mass is 10.1. The number of phenolic OH excluding ortho intramolecular Hbond substituents is 2. The molecular formula is C21H17NO2. The molecule has 0 atom stereocenters. The molecule has 0 fully saturated rings. The fourth-order valence-electron chi connectivity index (χ4n) is 2.26. The zero-order chi connectivity index (χ0) is 16.8. The summed E-state index contributed by atoms with van der Waals surface area (Å²) in [6.07, 6.45) is 7.36. The summed E-state index contributed by atoms with van der Waals surface area (Å²) in [5, 5.41) is 19.5. The zero-order valence-corrected chi connectivity index (χ0v) is 13.0. The summed E-state index contributed by atoms with van der Waals surface area (Å²) in [7, 11) is 0. The summed E-state index contributed by atoms with van der Waals surface area (Å²) >= 11 is 0. The minimum absolute atomic E-state index is 0.240. The maximum absolute atomic E-state index is 9.77. The number of rotatable bonds is 4. The summed E-state index contributed by atoms with van der Waals surface area (Å²) in [6, 6.07) is 20.0. The van der Waals surface area contributed by atoms with E-state index >= 15 is 0 Å². The third-order valence-electron chi connectivity index (χ3n) is 3.53. The fourth-order valence-corrected chi connectivity index (χ4v) is 2.26. The molecule has 3 aromatic rings. The van der Waals surface area contributed by atoms with Crippen molar-refractivity contribution in [3.05, 3.63) is 89.2 Å². The quantitative estimate of drug-likeness (QED) is 0.725. The first-order valence-electron chi connectivity index (χ1n) is 7.61. The van der Waals surface area contributed by atoms with Gasteiger partial charge in [0.2, 0.25) is 0 Å². The summed E-state index contributed by atoms with van der Waals surface area (Å²) in [5.74, 6) is 0.480. The first kappa shape index (κ1) is 15.6. The molecule has 2 N–H and O–H groups in total. The fraction of sp³-hybridized carbons (Fsp3) is 0. The predicted octanol–water partition coefficient (Wildman–Crippen LogP) is 4.83. The van der Waals surface area contributed by atoms with Crippen LogP contribution in [-0.4, -0.2) is 15.2 Å². The van der Waals surface area contributed by atoms with Gasteiger partial charge in [-0.2, -0.15) is 0 Å². The van der Waals surface area contributed by atoms with Crippen LogP contribution in [0.2, 0.25) is 0 Å². The van der Waals surface area contributed by atoms with Gasteiger partial charge in [-0.05, 0) is 48.6 Å². The Balaban J connectivity index is 1.80. The Morgan fingerprint density at radius 1 is 0.542 bits per heavy atom. The number of para-hydroxylation sites is 2. The molecule has 0 aliphatic carbocycles. The smallest absolute Gasteiger partial charge is 0.122 e. The molecule has 0 amide bonds. The number of pyridine rings is 1. The number of nitrogens with zero attached hydrogens (tertiary/aromatic N) is 1. The van der Waals surface area contributed by atoms with Gasteiger partial charge >= 0.3 is 0 Å². The van der Waals surface area contributed by atoms with Crippen LogP contribution in [0.15, 0.2) is 66.7 Å². The van der Waals surface area contributed by atoms with Crippen molar-refractivity contribution < 1.29 is 10.2 Å². The van der Waals surface area contributed by atoms with E-state index in [2.05, 4.69) is 4.98 Å². The predicted molar refractivity (Wildman–Crippen MR) is 98.3 cm³/mol. The Labute approximate surface area is 140 Å². The third kappa shape index (κ3) is 3.90. The van der Waals surface area contributed by atoms with Gasteiger partial charge in [0.15, 0.2) is 0 Å². The number of aromatic nitrogens is 1. The van der Waals surface area contributed by atoms with E-state index in [1.54, 1.807) is 24.3 Å². The lowest BCUT2D eigenvalue weighted by Gasteiger charge is -2.00. The molecule has 0 spiro atoms. The van der Waals surface area contributed by atoms with E-state index in [1.165, 1.54) is 0 Å². The first-order chi connectivity index (χ1) is 11.7. The Hall–Kier alpha value is -3.33. The molecule has 2 aromatic carbocycles. The molecule has 24 heavy (non-hydrogen) atoms. The van der Waals surface area contributed by atoms with Crippen LogP contribution in [0.4, 0.5) is 0 Å². The van der Waals surface area contributed by atoms with Crippen LogP contribution < -0.4 is 0 Å². The molecule has 3 rings (SSSR count). The van der Waals surface area contributed by atoms with Crippen molar-refractivity contribution in [1.29, 1.82) is 0 Å². The molecular weight excluding hydrogens is 298 g/mol. The standard InChI is InChI=1S/C21H17NO2/c23-20-10-3-1-6-16(20)12-14-18-8-5-9-19(22-18)15-13-17-7-2-4-11-21(17)24/h1-15,23-24H/b14-12-,15-13-. The second-order valence-electron chi connectivity index (χ2n) is 5.27. The normalized spacial score (nSPS) is 11.3. The molecule has 3 nitrogen and oxygen atoms in total. The molecule has 1 heterocycles. The maximum Gasteiger partial charge on any atom is 0.122 e. The minimum Gasteiger partial charge on any atom is -0.507 e. The highest BCUT2D eigenvalue weighted by Gasteiger charge is 1.97. The molecule has 118 valence electrons. The Bertz CT molecular complexity index is 827. The maximum atomic E-state index is 9.77. The molecule has 0 saturated carbocycles. The van der Waals surface area contributed by atoms with Gasteiger partial charge in [-0.15, -0.1) is 0 Å². The van der Waals surface area contributed by atoms with E-state index in [0.717, 1.165) is 22.5 Å².